The van der Waals surface area contributed by atoms with E-state index in [4.69, 9.17) is 4.74 Å². The number of hydrogen-bond donors (Lipinski definition) is 0. The Kier molecular flexibility index (Phi) is 5.25. The summed E-state index contributed by atoms with van der Waals surface area (Å²) in [6, 6.07) is 14.1. The molecular weight excluding hydrogens is 436 g/mol. The number of hydrogen-bond acceptors (Lipinski definition) is 4. The lowest BCUT2D eigenvalue weighted by Crippen LogP contribution is -2.39. The fraction of sp³-hybridized carbons (Fsp3) is 0.367. The number of fused-ring (bicyclic) bond motifs is 3. The molecule has 35 heavy (non-hydrogen) atoms. The van der Waals surface area contributed by atoms with Gasteiger partial charge in [-0.15, -0.1) is 0 Å². The highest BCUT2D eigenvalue weighted by Crippen LogP contribution is 2.50. The molecule has 2 aliphatic carbocycles. The van der Waals surface area contributed by atoms with E-state index >= 15 is 0 Å². The average molecular weight is 467 g/mol. The van der Waals surface area contributed by atoms with Crippen LogP contribution in [0.15, 0.2) is 48.0 Å². The topological polar surface area (TPSA) is 70.4 Å². The molecule has 2 aromatic carbocycles. The van der Waals surface area contributed by atoms with Gasteiger partial charge in [-0.05, 0) is 85.2 Å². The number of carbonyl (C=O) groups excluding carboxylic acids is 2. The van der Waals surface area contributed by atoms with Crippen molar-refractivity contribution in [2.24, 2.45) is 0 Å². The van der Waals surface area contributed by atoms with Gasteiger partial charge in [0.25, 0.3) is 0 Å². The lowest BCUT2D eigenvalue weighted by molar-refractivity contribution is 0.0270. The van der Waals surface area contributed by atoms with Gasteiger partial charge in [-0.2, -0.15) is 5.26 Å². The van der Waals surface area contributed by atoms with Crippen LogP contribution in [0.5, 0.6) is 0 Å². The van der Waals surface area contributed by atoms with E-state index in [1.807, 2.05) is 39.0 Å². The van der Waals surface area contributed by atoms with Gasteiger partial charge in [0, 0.05) is 29.6 Å². The average Bonchev–Trinajstić information content (AvgIpc) is 3.21. The Morgan fingerprint density at radius 2 is 1.89 bits per heavy atom. The molecular formula is C30H30N2O3. The summed E-state index contributed by atoms with van der Waals surface area (Å²) in [4.78, 5) is 27.9. The van der Waals surface area contributed by atoms with Crippen LogP contribution in [0.3, 0.4) is 0 Å². The lowest BCUT2D eigenvalue weighted by atomic mass is 9.68. The zero-order chi connectivity index (χ0) is 25.1. The lowest BCUT2D eigenvalue weighted by Gasteiger charge is -2.35. The van der Waals surface area contributed by atoms with Crippen molar-refractivity contribution < 1.29 is 14.3 Å². The van der Waals surface area contributed by atoms with Crippen molar-refractivity contribution >= 4 is 23.0 Å². The molecule has 2 aromatic rings. The Labute approximate surface area is 206 Å². The fourth-order valence-electron chi connectivity index (χ4n) is 5.49. The Morgan fingerprint density at radius 1 is 1.11 bits per heavy atom. The van der Waals surface area contributed by atoms with Crippen molar-refractivity contribution in [3.8, 4) is 6.07 Å². The summed E-state index contributed by atoms with van der Waals surface area (Å²) in [7, 11) is 0. The van der Waals surface area contributed by atoms with E-state index < -0.39 is 5.60 Å². The molecule has 5 heteroatoms. The second-order valence-electron chi connectivity index (χ2n) is 11.1. The Balaban J connectivity index is 1.46. The maximum atomic E-state index is 13.8. The highest BCUT2D eigenvalue weighted by molar-refractivity contribution is 6.33. The molecule has 0 saturated carbocycles. The number of Topliss-reactive ketones (excluding diaryl/α,β-unsaturated/α-hetero) is 1. The Hall–Kier alpha value is -3.65. The summed E-state index contributed by atoms with van der Waals surface area (Å²) >= 11 is 0. The molecule has 0 atom stereocenters. The number of ether oxygens (including phenoxy) is 1. The van der Waals surface area contributed by atoms with Crippen LogP contribution in [-0.2, 0) is 16.6 Å². The molecule has 1 heterocycles. The van der Waals surface area contributed by atoms with Gasteiger partial charge in [-0.3, -0.25) is 4.79 Å². The van der Waals surface area contributed by atoms with Crippen molar-refractivity contribution in [2.45, 2.75) is 58.5 Å². The number of rotatable bonds is 1. The summed E-state index contributed by atoms with van der Waals surface area (Å²) in [5.41, 5.74) is 7.74. The molecule has 5 rings (SSSR count). The predicted octanol–water partition coefficient (Wildman–Crippen LogP) is 6.07. The largest absolute Gasteiger partial charge is 0.444 e. The highest BCUT2D eigenvalue weighted by Gasteiger charge is 2.43. The second kappa shape index (κ2) is 7.95. The summed E-state index contributed by atoms with van der Waals surface area (Å²) < 4.78 is 5.50. The van der Waals surface area contributed by atoms with Gasteiger partial charge < -0.3 is 9.64 Å². The molecule has 5 nitrogen and oxygen atoms in total. The molecule has 1 aliphatic heterocycles. The first-order chi connectivity index (χ1) is 16.5. The number of amides is 1. The maximum Gasteiger partial charge on any atom is 0.410 e. The third-order valence-electron chi connectivity index (χ3n) is 7.32. The minimum atomic E-state index is -0.519. The van der Waals surface area contributed by atoms with Gasteiger partial charge in [-0.25, -0.2) is 4.79 Å². The van der Waals surface area contributed by atoms with E-state index in [-0.39, 0.29) is 17.3 Å². The van der Waals surface area contributed by atoms with Crippen molar-refractivity contribution in [2.75, 3.05) is 13.1 Å². The van der Waals surface area contributed by atoms with Gasteiger partial charge in [0.2, 0.25) is 0 Å². The van der Waals surface area contributed by atoms with Gasteiger partial charge in [0.15, 0.2) is 5.78 Å². The minimum absolute atomic E-state index is 0.0615. The van der Waals surface area contributed by atoms with E-state index in [2.05, 4.69) is 38.1 Å². The minimum Gasteiger partial charge on any atom is -0.444 e. The van der Waals surface area contributed by atoms with E-state index in [9.17, 15) is 14.9 Å². The molecule has 0 radical (unpaired) electrons. The quantitative estimate of drug-likeness (QED) is 0.512. The van der Waals surface area contributed by atoms with E-state index in [0.717, 1.165) is 44.5 Å². The molecule has 1 amide bonds. The Bertz CT molecular complexity index is 1380. The number of allylic oxidation sites excluding steroid dienone is 2. The summed E-state index contributed by atoms with van der Waals surface area (Å²) in [6.45, 7) is 11.0. The van der Waals surface area contributed by atoms with Crippen molar-refractivity contribution in [3.63, 3.8) is 0 Å². The van der Waals surface area contributed by atoms with Crippen LogP contribution in [0.2, 0.25) is 0 Å². The number of ketones is 1. The normalized spacial score (nSPS) is 18.3. The van der Waals surface area contributed by atoms with Gasteiger partial charge in [0.05, 0.1) is 11.6 Å². The molecule has 0 saturated heterocycles. The third kappa shape index (κ3) is 3.87. The van der Waals surface area contributed by atoms with Crippen molar-refractivity contribution in [3.05, 3.63) is 81.4 Å². The van der Waals surface area contributed by atoms with Crippen molar-refractivity contribution in [1.82, 2.24) is 4.90 Å². The first-order valence-electron chi connectivity index (χ1n) is 12.1. The second-order valence-corrected chi connectivity index (χ2v) is 11.1. The number of nitrogens with zero attached hydrogens (tertiary/aromatic N) is 2. The Morgan fingerprint density at radius 3 is 2.54 bits per heavy atom. The zero-order valence-electron chi connectivity index (χ0n) is 21.0. The number of carbonyl (C=O) groups is 2. The third-order valence-corrected chi connectivity index (χ3v) is 7.32. The first kappa shape index (κ1) is 23.1. The molecule has 178 valence electrons. The van der Waals surface area contributed by atoms with E-state index in [1.165, 1.54) is 0 Å². The molecule has 0 bridgehead atoms. The molecule has 0 spiro atoms. The summed E-state index contributed by atoms with van der Waals surface area (Å²) in [5.74, 6) is 0.0615. The fourth-order valence-corrected chi connectivity index (χ4v) is 5.49. The van der Waals surface area contributed by atoms with Crippen LogP contribution in [0.4, 0.5) is 4.79 Å². The zero-order valence-corrected chi connectivity index (χ0v) is 21.0. The van der Waals surface area contributed by atoms with Crippen LogP contribution >= 0.6 is 0 Å². The molecule has 0 fully saturated rings. The van der Waals surface area contributed by atoms with E-state index in [0.29, 0.717) is 31.5 Å². The van der Waals surface area contributed by atoms with Gasteiger partial charge in [-0.1, -0.05) is 38.1 Å². The number of nitriles is 1. The van der Waals surface area contributed by atoms with E-state index in [1.54, 1.807) is 11.0 Å². The van der Waals surface area contributed by atoms with Crippen molar-refractivity contribution in [1.29, 1.82) is 5.26 Å². The highest BCUT2D eigenvalue weighted by atomic mass is 16.6. The van der Waals surface area contributed by atoms with Crippen LogP contribution in [0, 0.1) is 11.3 Å². The molecule has 0 unspecified atom stereocenters. The van der Waals surface area contributed by atoms with Crippen LogP contribution in [0.1, 0.15) is 79.2 Å². The predicted molar refractivity (Wildman–Crippen MR) is 136 cm³/mol. The molecule has 0 N–H and O–H groups in total. The molecule has 0 aromatic heterocycles. The monoisotopic (exact) mass is 466 g/mol. The smallest absolute Gasteiger partial charge is 0.410 e. The summed E-state index contributed by atoms with van der Waals surface area (Å²) in [5, 5.41) is 9.31. The van der Waals surface area contributed by atoms with Gasteiger partial charge in [0.1, 0.15) is 5.60 Å². The first-order valence-corrected chi connectivity index (χ1v) is 12.1. The molecule has 3 aliphatic rings. The summed E-state index contributed by atoms with van der Waals surface area (Å²) in [6.07, 6.45) is 3.18. The standard InChI is InChI=1S/C30H30N2O3/c1-29(2,3)35-28(34)32-12-10-19(11-13-32)20-7-9-24-23(15-20)27(33)26-22-8-6-18(17-31)14-21(22)16-25(26)30(24,4)5/h6-10,14-15H,11-13,16H2,1-5H3. The maximum absolute atomic E-state index is 13.8. The van der Waals surface area contributed by atoms with Crippen LogP contribution < -0.4 is 0 Å². The van der Waals surface area contributed by atoms with Gasteiger partial charge >= 0.3 is 6.09 Å². The van der Waals surface area contributed by atoms with Crippen LogP contribution in [-0.4, -0.2) is 35.5 Å². The van der Waals surface area contributed by atoms with Crippen LogP contribution in [0.25, 0.3) is 11.1 Å². The SMILES string of the molecule is CC(C)(C)OC(=O)N1CC=C(c2ccc3c(c2)C(=O)C2=C(Cc4cc(C#N)ccc42)C3(C)C)CC1. The number of benzene rings is 2.